The molecule has 0 spiro atoms. The van der Waals surface area contributed by atoms with Crippen molar-refractivity contribution in [3.05, 3.63) is 84.4 Å². The van der Waals surface area contributed by atoms with Crippen molar-refractivity contribution in [3.8, 4) is 5.75 Å². The minimum Gasteiger partial charge on any atom is -0.490 e. The molecule has 0 saturated carbocycles. The molecule has 1 heterocycles. The van der Waals surface area contributed by atoms with Gasteiger partial charge in [0.2, 0.25) is 10.0 Å². The Morgan fingerprint density at radius 3 is 2.18 bits per heavy atom. The summed E-state index contributed by atoms with van der Waals surface area (Å²) in [5.74, 6) is 0.599. The normalized spacial score (nSPS) is 14.7. The summed E-state index contributed by atoms with van der Waals surface area (Å²) in [5.41, 5.74) is 2.07. The second-order valence-corrected chi connectivity index (χ2v) is 10.6. The molecule has 3 aromatic rings. The van der Waals surface area contributed by atoms with Gasteiger partial charge in [-0.05, 0) is 48.5 Å². The molecule has 3 aromatic carbocycles. The molecule has 0 radical (unpaired) electrons. The summed E-state index contributed by atoms with van der Waals surface area (Å²) in [6.45, 7) is 1.64. The summed E-state index contributed by atoms with van der Waals surface area (Å²) in [6.07, 6.45) is 1.94. The van der Waals surface area contributed by atoms with E-state index in [4.69, 9.17) is 4.74 Å². The van der Waals surface area contributed by atoms with Crippen molar-refractivity contribution in [1.29, 1.82) is 0 Å². The molecule has 1 aliphatic rings. The van der Waals surface area contributed by atoms with Crippen molar-refractivity contribution >= 4 is 27.3 Å². The number of carbonyl (C=O) groups excluding carboxylic acids is 1. The fraction of sp³-hybridized carbons (Fsp3) is 0.269. The Kier molecular flexibility index (Phi) is 7.19. The van der Waals surface area contributed by atoms with Crippen LogP contribution in [0.2, 0.25) is 0 Å². The molecule has 1 amide bonds. The minimum absolute atomic E-state index is 0.148. The van der Waals surface area contributed by atoms with Crippen molar-refractivity contribution in [2.75, 3.05) is 37.4 Å². The number of hydrogen-bond acceptors (Lipinski definition) is 5. The van der Waals surface area contributed by atoms with E-state index in [2.05, 4.69) is 10.2 Å². The smallest absolute Gasteiger partial charge is 0.255 e. The first kappa shape index (κ1) is 23.8. The SMILES string of the molecule is CN(C)S(=O)(=O)c1ccc(C(=O)Nc2ccccc2N2CCC(Oc3ccccc3)CC2)cc1. The average Bonchev–Trinajstić information content (AvgIpc) is 2.85. The third kappa shape index (κ3) is 5.40. The van der Waals surface area contributed by atoms with Gasteiger partial charge in [0.05, 0.1) is 16.3 Å². The molecular formula is C26H29N3O4S. The highest BCUT2D eigenvalue weighted by Crippen LogP contribution is 2.30. The van der Waals surface area contributed by atoms with Gasteiger partial charge in [0.25, 0.3) is 5.91 Å². The number of nitrogens with one attached hydrogen (secondary N) is 1. The van der Waals surface area contributed by atoms with E-state index >= 15 is 0 Å². The predicted octanol–water partition coefficient (Wildman–Crippen LogP) is 4.24. The van der Waals surface area contributed by atoms with Crippen LogP contribution >= 0.6 is 0 Å². The van der Waals surface area contributed by atoms with Crippen molar-refractivity contribution in [2.45, 2.75) is 23.8 Å². The van der Waals surface area contributed by atoms with Crippen molar-refractivity contribution in [3.63, 3.8) is 0 Å². The van der Waals surface area contributed by atoms with Crippen molar-refractivity contribution < 1.29 is 17.9 Å². The summed E-state index contributed by atoms with van der Waals surface area (Å²) >= 11 is 0. The van der Waals surface area contributed by atoms with Gasteiger partial charge in [0.1, 0.15) is 11.9 Å². The van der Waals surface area contributed by atoms with Crippen LogP contribution in [0.15, 0.2) is 83.8 Å². The Bertz CT molecular complexity index is 1220. The molecular weight excluding hydrogens is 450 g/mol. The third-order valence-electron chi connectivity index (χ3n) is 5.88. The fourth-order valence-electron chi connectivity index (χ4n) is 3.94. The molecule has 7 nitrogen and oxygen atoms in total. The van der Waals surface area contributed by atoms with E-state index in [9.17, 15) is 13.2 Å². The number of amides is 1. The monoisotopic (exact) mass is 479 g/mol. The number of nitrogens with zero attached hydrogens (tertiary/aromatic N) is 2. The number of ether oxygens (including phenoxy) is 1. The predicted molar refractivity (Wildman–Crippen MR) is 134 cm³/mol. The zero-order valence-corrected chi connectivity index (χ0v) is 20.2. The minimum atomic E-state index is -3.54. The lowest BCUT2D eigenvalue weighted by atomic mass is 10.1. The van der Waals surface area contributed by atoms with Gasteiger partial charge in [-0.3, -0.25) is 4.79 Å². The average molecular weight is 480 g/mol. The number of carbonyl (C=O) groups is 1. The molecule has 34 heavy (non-hydrogen) atoms. The van der Waals surface area contributed by atoms with Gasteiger partial charge in [0.15, 0.2) is 0 Å². The Labute approximate surface area is 201 Å². The third-order valence-corrected chi connectivity index (χ3v) is 7.71. The number of piperidine rings is 1. The van der Waals surface area contributed by atoms with Crippen LogP contribution in [0, 0.1) is 0 Å². The van der Waals surface area contributed by atoms with Crippen LogP contribution in [0.3, 0.4) is 0 Å². The zero-order chi connectivity index (χ0) is 24.1. The number of hydrogen-bond donors (Lipinski definition) is 1. The molecule has 1 aliphatic heterocycles. The maximum absolute atomic E-state index is 12.9. The van der Waals surface area contributed by atoms with Gasteiger partial charge < -0.3 is 15.0 Å². The fourth-order valence-corrected chi connectivity index (χ4v) is 4.85. The molecule has 0 aliphatic carbocycles. The van der Waals surface area contributed by atoms with Crippen LogP contribution in [-0.2, 0) is 10.0 Å². The van der Waals surface area contributed by atoms with Gasteiger partial charge in [0, 0.05) is 45.6 Å². The van der Waals surface area contributed by atoms with E-state index in [1.165, 1.54) is 38.4 Å². The molecule has 178 valence electrons. The number of sulfonamides is 1. The van der Waals surface area contributed by atoms with E-state index in [-0.39, 0.29) is 16.9 Å². The maximum atomic E-state index is 12.9. The first-order valence-corrected chi connectivity index (χ1v) is 12.7. The molecule has 0 bridgehead atoms. The number of para-hydroxylation sites is 3. The lowest BCUT2D eigenvalue weighted by Crippen LogP contribution is -2.38. The standard InChI is InChI=1S/C26H29N3O4S/c1-28(2)34(31,32)23-14-12-20(13-15-23)26(30)27-24-10-6-7-11-25(24)29-18-16-22(17-19-29)33-21-8-4-3-5-9-21/h3-15,22H,16-19H2,1-2H3,(H,27,30). The lowest BCUT2D eigenvalue weighted by molar-refractivity contribution is 0.102. The van der Waals surface area contributed by atoms with Gasteiger partial charge in [-0.1, -0.05) is 30.3 Å². The number of anilines is 2. The molecule has 8 heteroatoms. The first-order chi connectivity index (χ1) is 16.3. The van der Waals surface area contributed by atoms with Crippen LogP contribution in [0.1, 0.15) is 23.2 Å². The summed E-state index contributed by atoms with van der Waals surface area (Å²) in [6, 6.07) is 23.5. The second-order valence-electron chi connectivity index (χ2n) is 8.40. The van der Waals surface area contributed by atoms with Gasteiger partial charge >= 0.3 is 0 Å². The molecule has 0 atom stereocenters. The first-order valence-electron chi connectivity index (χ1n) is 11.2. The molecule has 1 fully saturated rings. The highest BCUT2D eigenvalue weighted by Gasteiger charge is 2.23. The summed E-state index contributed by atoms with van der Waals surface area (Å²) < 4.78 is 31.8. The van der Waals surface area contributed by atoms with Crippen molar-refractivity contribution in [1.82, 2.24) is 4.31 Å². The Morgan fingerprint density at radius 1 is 0.912 bits per heavy atom. The van der Waals surface area contributed by atoms with Gasteiger partial charge in [-0.25, -0.2) is 12.7 Å². The van der Waals surface area contributed by atoms with Crippen LogP contribution < -0.4 is 15.0 Å². The van der Waals surface area contributed by atoms with Crippen LogP contribution in [0.25, 0.3) is 0 Å². The van der Waals surface area contributed by atoms with E-state index in [0.717, 1.165) is 47.4 Å². The van der Waals surface area contributed by atoms with E-state index in [1.54, 1.807) is 0 Å². The van der Waals surface area contributed by atoms with Crippen LogP contribution in [-0.4, -0.2) is 51.9 Å². The van der Waals surface area contributed by atoms with Crippen molar-refractivity contribution in [2.24, 2.45) is 0 Å². The van der Waals surface area contributed by atoms with E-state index in [1.807, 2.05) is 54.6 Å². The summed E-state index contributed by atoms with van der Waals surface area (Å²) in [4.78, 5) is 15.3. The van der Waals surface area contributed by atoms with Gasteiger partial charge in [-0.15, -0.1) is 0 Å². The topological polar surface area (TPSA) is 79.0 Å². The number of rotatable bonds is 7. The second kappa shape index (κ2) is 10.3. The molecule has 4 rings (SSSR count). The Morgan fingerprint density at radius 2 is 1.53 bits per heavy atom. The maximum Gasteiger partial charge on any atom is 0.255 e. The molecule has 0 aromatic heterocycles. The Hall–Kier alpha value is -3.36. The largest absolute Gasteiger partial charge is 0.490 e. The molecule has 1 saturated heterocycles. The summed E-state index contributed by atoms with van der Waals surface area (Å²) in [7, 11) is -0.588. The number of benzene rings is 3. The highest BCUT2D eigenvalue weighted by molar-refractivity contribution is 7.89. The van der Waals surface area contributed by atoms with E-state index < -0.39 is 10.0 Å². The zero-order valence-electron chi connectivity index (χ0n) is 19.3. The quantitative estimate of drug-likeness (QED) is 0.549. The van der Waals surface area contributed by atoms with Crippen LogP contribution in [0.5, 0.6) is 5.75 Å². The molecule has 1 N–H and O–H groups in total. The Balaban J connectivity index is 1.41. The molecule has 0 unspecified atom stereocenters. The summed E-state index contributed by atoms with van der Waals surface area (Å²) in [5, 5.41) is 2.98. The van der Waals surface area contributed by atoms with E-state index in [0.29, 0.717) is 5.56 Å². The lowest BCUT2D eigenvalue weighted by Gasteiger charge is -2.34. The van der Waals surface area contributed by atoms with Crippen LogP contribution in [0.4, 0.5) is 11.4 Å². The van der Waals surface area contributed by atoms with Gasteiger partial charge in [-0.2, -0.15) is 0 Å². The highest BCUT2D eigenvalue weighted by atomic mass is 32.2.